The Hall–Kier alpha value is -3.97. The first-order valence-electron chi connectivity index (χ1n) is 10.1. The number of thioether (sulfide) groups is 1. The molecule has 0 unspecified atom stereocenters. The topological polar surface area (TPSA) is 76.6 Å². The maximum atomic E-state index is 6.02. The average Bonchev–Trinajstić information content (AvgIpc) is 3.36. The van der Waals surface area contributed by atoms with Crippen molar-refractivity contribution in [2.24, 2.45) is 0 Å². The third kappa shape index (κ3) is 5.01. The lowest BCUT2D eigenvalue weighted by Gasteiger charge is -2.08. The zero-order valence-corrected chi connectivity index (χ0v) is 17.9. The molecule has 0 bridgehead atoms. The van der Waals surface area contributed by atoms with Gasteiger partial charge < -0.3 is 4.74 Å². The Kier molecular flexibility index (Phi) is 5.89. The first kappa shape index (κ1) is 20.0. The molecule has 156 valence electrons. The molecule has 2 heterocycles. The second-order valence-electron chi connectivity index (χ2n) is 7.03. The van der Waals surface area contributed by atoms with Crippen LogP contribution in [-0.4, -0.2) is 25.6 Å². The number of nitrogens with zero attached hydrogens (tertiary/aromatic N) is 4. The van der Waals surface area contributed by atoms with E-state index in [1.54, 1.807) is 17.8 Å². The number of tetrazole rings is 1. The lowest BCUT2D eigenvalue weighted by Crippen LogP contribution is -1.88. The van der Waals surface area contributed by atoms with E-state index in [1.807, 2.05) is 60.7 Å². The van der Waals surface area contributed by atoms with Crippen molar-refractivity contribution in [1.29, 1.82) is 0 Å². The third-order valence-corrected chi connectivity index (χ3v) is 5.79. The van der Waals surface area contributed by atoms with Gasteiger partial charge in [0.05, 0.1) is 11.2 Å². The summed E-state index contributed by atoms with van der Waals surface area (Å²) in [5.74, 6) is 2.90. The van der Waals surface area contributed by atoms with Crippen LogP contribution < -0.4 is 4.74 Å². The summed E-state index contributed by atoms with van der Waals surface area (Å²) in [5, 5.41) is 14.9. The van der Waals surface area contributed by atoms with E-state index in [9.17, 15) is 0 Å². The predicted molar refractivity (Wildman–Crippen MR) is 127 cm³/mol. The molecule has 0 amide bonds. The lowest BCUT2D eigenvalue weighted by molar-refractivity contribution is 0.482. The molecule has 5 aromatic rings. The van der Waals surface area contributed by atoms with Gasteiger partial charge in [0, 0.05) is 16.0 Å². The van der Waals surface area contributed by atoms with Gasteiger partial charge in [-0.25, -0.2) is 0 Å². The lowest BCUT2D eigenvalue weighted by atomic mass is 10.2. The van der Waals surface area contributed by atoms with Gasteiger partial charge in [0.15, 0.2) is 5.82 Å². The highest BCUT2D eigenvalue weighted by atomic mass is 32.2. The Labute approximate surface area is 189 Å². The molecular formula is C25H19N5OS. The highest BCUT2D eigenvalue weighted by Crippen LogP contribution is 2.28. The molecule has 6 nitrogen and oxygen atoms in total. The van der Waals surface area contributed by atoms with Gasteiger partial charge in [-0.05, 0) is 65.4 Å². The number of para-hydroxylation sites is 1. The van der Waals surface area contributed by atoms with Gasteiger partial charge >= 0.3 is 0 Å². The highest BCUT2D eigenvalue weighted by molar-refractivity contribution is 7.98. The molecule has 32 heavy (non-hydrogen) atoms. The van der Waals surface area contributed by atoms with Crippen LogP contribution in [0, 0.1) is 0 Å². The number of hydrogen-bond acceptors (Lipinski definition) is 6. The van der Waals surface area contributed by atoms with E-state index in [2.05, 4.69) is 51.0 Å². The molecule has 0 radical (unpaired) electrons. The highest BCUT2D eigenvalue weighted by Gasteiger charge is 2.03. The average molecular weight is 438 g/mol. The Morgan fingerprint density at radius 1 is 0.844 bits per heavy atom. The Morgan fingerprint density at radius 3 is 2.62 bits per heavy atom. The Bertz CT molecular complexity index is 1350. The largest absolute Gasteiger partial charge is 0.457 e. The Morgan fingerprint density at radius 2 is 1.75 bits per heavy atom. The van der Waals surface area contributed by atoms with Gasteiger partial charge in [-0.1, -0.05) is 42.5 Å². The van der Waals surface area contributed by atoms with Crippen LogP contribution >= 0.6 is 11.8 Å². The second kappa shape index (κ2) is 9.45. The Balaban J connectivity index is 1.20. The molecule has 7 heteroatoms. The van der Waals surface area contributed by atoms with Crippen molar-refractivity contribution >= 4 is 34.8 Å². The molecule has 0 saturated heterocycles. The van der Waals surface area contributed by atoms with E-state index in [0.29, 0.717) is 5.82 Å². The quantitative estimate of drug-likeness (QED) is 0.315. The summed E-state index contributed by atoms with van der Waals surface area (Å²) in [5.41, 5.74) is 3.09. The standard InChI is InChI=1S/C25H19N5OS/c1-2-7-24-19(5-1)9-10-20(26-24)17-32-23-13-11-21(12-14-23)31-22-6-3-4-18(16-22)8-15-25-27-29-30-28-25/h1-16H,17H2,(H,27,28,29,30)/b15-8+. The number of benzene rings is 3. The fraction of sp³-hybridized carbons (Fsp3) is 0.0400. The molecule has 0 atom stereocenters. The summed E-state index contributed by atoms with van der Waals surface area (Å²) in [6, 6.07) is 28.3. The van der Waals surface area contributed by atoms with Crippen molar-refractivity contribution in [3.63, 3.8) is 0 Å². The molecule has 0 saturated carbocycles. The van der Waals surface area contributed by atoms with E-state index >= 15 is 0 Å². The maximum absolute atomic E-state index is 6.02. The summed E-state index contributed by atoms with van der Waals surface area (Å²) in [7, 11) is 0. The number of aromatic amines is 1. The van der Waals surface area contributed by atoms with E-state index < -0.39 is 0 Å². The molecule has 0 aliphatic rings. The number of H-pyrrole nitrogens is 1. The van der Waals surface area contributed by atoms with Gasteiger partial charge in [0.1, 0.15) is 11.5 Å². The molecule has 0 aliphatic heterocycles. The molecule has 0 aliphatic carbocycles. The van der Waals surface area contributed by atoms with E-state index in [1.165, 1.54) is 4.90 Å². The minimum Gasteiger partial charge on any atom is -0.457 e. The van der Waals surface area contributed by atoms with Gasteiger partial charge in [-0.3, -0.25) is 4.98 Å². The summed E-state index contributed by atoms with van der Waals surface area (Å²) < 4.78 is 6.02. The number of ether oxygens (including phenoxy) is 1. The maximum Gasteiger partial charge on any atom is 0.197 e. The number of fused-ring (bicyclic) bond motifs is 1. The molecule has 0 fully saturated rings. The van der Waals surface area contributed by atoms with Crippen molar-refractivity contribution in [2.45, 2.75) is 10.6 Å². The summed E-state index contributed by atoms with van der Waals surface area (Å²) in [6.45, 7) is 0. The molecule has 5 rings (SSSR count). The van der Waals surface area contributed by atoms with Crippen molar-refractivity contribution < 1.29 is 4.74 Å². The van der Waals surface area contributed by atoms with Crippen LogP contribution in [0.1, 0.15) is 17.1 Å². The number of hydrogen-bond donors (Lipinski definition) is 1. The third-order valence-electron chi connectivity index (χ3n) is 4.75. The van der Waals surface area contributed by atoms with Crippen LogP contribution in [0.15, 0.2) is 89.8 Å². The fourth-order valence-corrected chi connectivity index (χ4v) is 3.98. The first-order valence-corrected chi connectivity index (χ1v) is 11.1. The second-order valence-corrected chi connectivity index (χ2v) is 8.08. The summed E-state index contributed by atoms with van der Waals surface area (Å²) in [6.07, 6.45) is 3.71. The van der Waals surface area contributed by atoms with Crippen LogP contribution in [0.4, 0.5) is 0 Å². The van der Waals surface area contributed by atoms with Gasteiger partial charge in [-0.15, -0.1) is 22.0 Å². The molecule has 0 spiro atoms. The minimum absolute atomic E-state index is 0.531. The van der Waals surface area contributed by atoms with Gasteiger partial charge in [0.25, 0.3) is 0 Å². The molecule has 2 aromatic heterocycles. The van der Waals surface area contributed by atoms with Crippen LogP contribution in [0.2, 0.25) is 0 Å². The van der Waals surface area contributed by atoms with Crippen molar-refractivity contribution in [3.05, 3.63) is 102 Å². The van der Waals surface area contributed by atoms with Gasteiger partial charge in [0.2, 0.25) is 0 Å². The minimum atomic E-state index is 0.531. The van der Waals surface area contributed by atoms with Crippen molar-refractivity contribution in [2.75, 3.05) is 0 Å². The normalized spacial score (nSPS) is 11.2. The first-order chi connectivity index (χ1) is 15.8. The SMILES string of the molecule is C(=C\c1nn[nH]n1)/c1cccc(Oc2ccc(SCc3ccc4ccccc4n3)cc2)c1. The van der Waals surface area contributed by atoms with Crippen molar-refractivity contribution in [1.82, 2.24) is 25.6 Å². The van der Waals surface area contributed by atoms with Crippen molar-refractivity contribution in [3.8, 4) is 11.5 Å². The number of nitrogens with one attached hydrogen (secondary N) is 1. The number of aromatic nitrogens is 5. The van der Waals surface area contributed by atoms with Crippen LogP contribution in [0.3, 0.4) is 0 Å². The van der Waals surface area contributed by atoms with Gasteiger partial charge in [-0.2, -0.15) is 5.21 Å². The summed E-state index contributed by atoms with van der Waals surface area (Å²) in [4.78, 5) is 5.91. The smallest absolute Gasteiger partial charge is 0.197 e. The fourth-order valence-electron chi connectivity index (χ4n) is 3.18. The zero-order valence-electron chi connectivity index (χ0n) is 17.1. The molecular weight excluding hydrogens is 418 g/mol. The van der Waals surface area contributed by atoms with Crippen LogP contribution in [0.5, 0.6) is 11.5 Å². The van der Waals surface area contributed by atoms with E-state index in [0.717, 1.165) is 39.4 Å². The number of rotatable bonds is 7. The molecule has 3 aromatic carbocycles. The van der Waals surface area contributed by atoms with Crippen LogP contribution in [0.25, 0.3) is 23.1 Å². The number of pyridine rings is 1. The predicted octanol–water partition coefficient (Wildman–Crippen LogP) is 6.00. The summed E-state index contributed by atoms with van der Waals surface area (Å²) >= 11 is 1.76. The van der Waals surface area contributed by atoms with Crippen LogP contribution in [-0.2, 0) is 5.75 Å². The molecule has 1 N–H and O–H groups in total. The van der Waals surface area contributed by atoms with E-state index in [-0.39, 0.29) is 0 Å². The monoisotopic (exact) mass is 437 g/mol. The van der Waals surface area contributed by atoms with E-state index in [4.69, 9.17) is 9.72 Å². The zero-order chi connectivity index (χ0) is 21.6.